The number of carbonyl (C=O) groups is 2. The minimum atomic E-state index is -1.82. The highest BCUT2D eigenvalue weighted by Gasteiger charge is 2.80. The van der Waals surface area contributed by atoms with Crippen LogP contribution in [-0.2, 0) is 14.3 Å². The molecule has 7 nitrogen and oxygen atoms in total. The smallest absolute Gasteiger partial charge is 0.414 e. The Kier molecular flexibility index (Phi) is 7.01. The standard InChI is InChI=1S/C26H39NO2S.C2H2O4/c1-24-9-6-19(30-13-3-11-27)14-18(24)4-5-21-20(24)7-10-25(2)22(17-8-12-28-16-17)15-23-26(21,25)29-23;3-1(4)2(5)6/h8,12,16,18-23H,3-7,9-11,13-15,27H2,1-2H3;(H,3,4)(H,5,6)/t18-,19+,20+,21-,22-,23-,24+,25-,26-;/m1./s1. The van der Waals surface area contributed by atoms with E-state index in [1.54, 1.807) is 0 Å². The summed E-state index contributed by atoms with van der Waals surface area (Å²) in [6.45, 7) is 6.08. The van der Waals surface area contributed by atoms with Gasteiger partial charge in [0.15, 0.2) is 0 Å². The molecule has 4 saturated carbocycles. The fourth-order valence-corrected chi connectivity index (χ4v) is 10.4. The van der Waals surface area contributed by atoms with Gasteiger partial charge in [0.1, 0.15) is 5.60 Å². The first-order valence-corrected chi connectivity index (χ1v) is 14.7. The summed E-state index contributed by atoms with van der Waals surface area (Å²) in [5, 5.41) is 15.7. The number of hydrogen-bond donors (Lipinski definition) is 3. The van der Waals surface area contributed by atoms with Crippen LogP contribution in [0, 0.1) is 28.6 Å². The first-order valence-electron chi connectivity index (χ1n) is 13.6. The van der Waals surface area contributed by atoms with Crippen molar-refractivity contribution < 1.29 is 29.0 Å². The molecule has 4 N–H and O–H groups in total. The highest BCUT2D eigenvalue weighted by atomic mass is 32.2. The lowest BCUT2D eigenvalue weighted by Gasteiger charge is -2.61. The normalized spacial score (nSPS) is 44.2. The zero-order chi connectivity index (χ0) is 25.7. The van der Waals surface area contributed by atoms with Gasteiger partial charge in [-0.2, -0.15) is 11.8 Å². The van der Waals surface area contributed by atoms with Gasteiger partial charge in [-0.15, -0.1) is 0 Å². The Labute approximate surface area is 217 Å². The number of nitrogens with two attached hydrogens (primary N) is 1. The van der Waals surface area contributed by atoms with E-state index in [1.165, 1.54) is 69.1 Å². The molecule has 1 aliphatic heterocycles. The maximum atomic E-state index is 9.10. The number of thioether (sulfide) groups is 1. The third-order valence-corrected chi connectivity index (χ3v) is 12.3. The van der Waals surface area contributed by atoms with Crippen LogP contribution in [0.5, 0.6) is 0 Å². The largest absolute Gasteiger partial charge is 0.473 e. The predicted octanol–water partition coefficient (Wildman–Crippen LogP) is 5.14. The molecule has 0 aromatic carbocycles. The second kappa shape index (κ2) is 9.66. The van der Waals surface area contributed by atoms with Crippen molar-refractivity contribution in [3.63, 3.8) is 0 Å². The Balaban J connectivity index is 0.000000400. The average molecular weight is 520 g/mol. The second-order valence-corrected chi connectivity index (χ2v) is 13.6. The molecule has 8 heteroatoms. The maximum Gasteiger partial charge on any atom is 0.414 e. The Bertz CT molecular complexity index is 957. The number of epoxide rings is 1. The van der Waals surface area contributed by atoms with Crippen molar-refractivity contribution in [2.75, 3.05) is 12.3 Å². The summed E-state index contributed by atoms with van der Waals surface area (Å²) in [5.74, 6) is 0.796. The van der Waals surface area contributed by atoms with Crippen molar-refractivity contribution in [2.24, 2.45) is 34.3 Å². The molecule has 4 aliphatic carbocycles. The van der Waals surface area contributed by atoms with Crippen molar-refractivity contribution >= 4 is 23.7 Å². The molecule has 0 radical (unpaired) electrons. The summed E-state index contributed by atoms with van der Waals surface area (Å²) in [5.41, 5.74) is 8.14. The summed E-state index contributed by atoms with van der Waals surface area (Å²) in [4.78, 5) is 18.2. The van der Waals surface area contributed by atoms with Crippen LogP contribution in [0.25, 0.3) is 0 Å². The molecule has 0 unspecified atom stereocenters. The van der Waals surface area contributed by atoms with E-state index in [0.717, 1.165) is 29.5 Å². The first-order chi connectivity index (χ1) is 17.2. The molecule has 9 atom stereocenters. The maximum absolute atomic E-state index is 9.10. The third-order valence-electron chi connectivity index (χ3n) is 10.9. The number of rotatable bonds is 5. The van der Waals surface area contributed by atoms with Gasteiger partial charge in [-0.05, 0) is 111 Å². The zero-order valence-electron chi connectivity index (χ0n) is 21.5. The average Bonchev–Trinajstić information content (AvgIpc) is 3.19. The highest BCUT2D eigenvalue weighted by Crippen LogP contribution is 2.78. The van der Waals surface area contributed by atoms with Gasteiger partial charge in [0, 0.05) is 10.7 Å². The SMILES string of the molecule is C[C@]12CC[C@H](SCCCN)C[C@H]1CC[C@@H]1[C@@H]2CC[C@]2(C)[C@@H](c3ccoc3)C[C@H]3O[C@]132.O=C(O)C(=O)O. The van der Waals surface area contributed by atoms with Crippen molar-refractivity contribution in [3.8, 4) is 0 Å². The zero-order valence-corrected chi connectivity index (χ0v) is 22.3. The highest BCUT2D eigenvalue weighted by molar-refractivity contribution is 7.99. The molecule has 0 bridgehead atoms. The molecule has 2 heterocycles. The molecular weight excluding hydrogens is 478 g/mol. The fourth-order valence-electron chi connectivity index (χ4n) is 9.11. The van der Waals surface area contributed by atoms with Crippen LogP contribution < -0.4 is 5.73 Å². The molecule has 1 aromatic rings. The van der Waals surface area contributed by atoms with Crippen LogP contribution in [0.15, 0.2) is 23.0 Å². The molecule has 0 amide bonds. The van der Waals surface area contributed by atoms with Crippen LogP contribution in [0.3, 0.4) is 0 Å². The first kappa shape index (κ1) is 26.1. The Morgan fingerprint density at radius 2 is 1.86 bits per heavy atom. The lowest BCUT2D eigenvalue weighted by Crippen LogP contribution is -2.58. The number of fused-ring (bicyclic) bond motifs is 3. The Hall–Kier alpha value is -1.51. The third kappa shape index (κ3) is 4.02. The summed E-state index contributed by atoms with van der Waals surface area (Å²) >= 11 is 2.21. The fraction of sp³-hybridized carbons (Fsp3) is 0.786. The molecular formula is C28H41NO6S. The number of ether oxygens (including phenoxy) is 1. The number of hydrogen-bond acceptors (Lipinski definition) is 6. The predicted molar refractivity (Wildman–Crippen MR) is 138 cm³/mol. The monoisotopic (exact) mass is 519 g/mol. The molecule has 200 valence electrons. The molecule has 1 spiro atoms. The van der Waals surface area contributed by atoms with Crippen LogP contribution in [0.2, 0.25) is 0 Å². The van der Waals surface area contributed by atoms with Crippen LogP contribution in [0.4, 0.5) is 0 Å². The van der Waals surface area contributed by atoms with Crippen LogP contribution >= 0.6 is 11.8 Å². The van der Waals surface area contributed by atoms with Gasteiger partial charge in [-0.1, -0.05) is 13.8 Å². The van der Waals surface area contributed by atoms with Gasteiger partial charge in [0.25, 0.3) is 0 Å². The van der Waals surface area contributed by atoms with E-state index >= 15 is 0 Å². The van der Waals surface area contributed by atoms with E-state index in [1.807, 2.05) is 12.5 Å². The lowest BCUT2D eigenvalue weighted by atomic mass is 9.44. The minimum Gasteiger partial charge on any atom is -0.473 e. The topological polar surface area (TPSA) is 126 Å². The van der Waals surface area contributed by atoms with Gasteiger partial charge >= 0.3 is 11.9 Å². The van der Waals surface area contributed by atoms with Crippen molar-refractivity contribution in [1.82, 2.24) is 0 Å². The van der Waals surface area contributed by atoms with Crippen molar-refractivity contribution in [1.29, 1.82) is 0 Å². The van der Waals surface area contributed by atoms with Crippen LogP contribution in [0.1, 0.15) is 83.1 Å². The van der Waals surface area contributed by atoms with Crippen molar-refractivity contribution in [2.45, 2.75) is 94.5 Å². The summed E-state index contributed by atoms with van der Waals surface area (Å²) < 4.78 is 12.2. The quantitative estimate of drug-likeness (QED) is 0.277. The van der Waals surface area contributed by atoms with Gasteiger partial charge in [0.2, 0.25) is 0 Å². The van der Waals surface area contributed by atoms with Gasteiger partial charge in [-0.25, -0.2) is 9.59 Å². The van der Waals surface area contributed by atoms with E-state index in [4.69, 9.17) is 34.7 Å². The summed E-state index contributed by atoms with van der Waals surface area (Å²) in [7, 11) is 0. The van der Waals surface area contributed by atoms with E-state index in [2.05, 4.69) is 31.7 Å². The molecule has 36 heavy (non-hydrogen) atoms. The van der Waals surface area contributed by atoms with E-state index in [9.17, 15) is 0 Å². The minimum absolute atomic E-state index is 0.165. The van der Waals surface area contributed by atoms with E-state index < -0.39 is 11.9 Å². The number of carboxylic acid groups (broad SMARTS) is 2. The molecule has 1 aromatic heterocycles. The number of furan rings is 1. The summed E-state index contributed by atoms with van der Waals surface area (Å²) in [6.07, 6.45) is 16.6. The van der Waals surface area contributed by atoms with E-state index in [-0.39, 0.29) is 5.60 Å². The molecule has 5 aliphatic rings. The molecule has 6 rings (SSSR count). The van der Waals surface area contributed by atoms with Crippen molar-refractivity contribution in [3.05, 3.63) is 24.2 Å². The molecule has 1 saturated heterocycles. The van der Waals surface area contributed by atoms with Gasteiger partial charge in [0.05, 0.1) is 18.6 Å². The molecule has 5 fully saturated rings. The number of aliphatic carboxylic acids is 2. The lowest BCUT2D eigenvalue weighted by molar-refractivity contribution is -0.159. The Morgan fingerprint density at radius 1 is 1.08 bits per heavy atom. The van der Waals surface area contributed by atoms with Gasteiger partial charge < -0.3 is 25.1 Å². The van der Waals surface area contributed by atoms with Crippen LogP contribution in [-0.4, -0.2) is 51.4 Å². The summed E-state index contributed by atoms with van der Waals surface area (Å²) in [6, 6.07) is 2.21. The van der Waals surface area contributed by atoms with E-state index in [0.29, 0.717) is 22.9 Å². The Morgan fingerprint density at radius 3 is 2.53 bits per heavy atom. The van der Waals surface area contributed by atoms with Gasteiger partial charge in [-0.3, -0.25) is 0 Å². The second-order valence-electron chi connectivity index (χ2n) is 12.2. The number of carboxylic acids is 2.